The van der Waals surface area contributed by atoms with Crippen LogP contribution in [-0.2, 0) is 10.0 Å². The second-order valence-electron chi connectivity index (χ2n) is 5.20. The predicted molar refractivity (Wildman–Crippen MR) is 82.5 cm³/mol. The van der Waals surface area contributed by atoms with Crippen LogP contribution in [-0.4, -0.2) is 31.4 Å². The zero-order valence-electron chi connectivity index (χ0n) is 12.4. The highest BCUT2D eigenvalue weighted by Gasteiger charge is 2.26. The van der Waals surface area contributed by atoms with Gasteiger partial charge in [0.15, 0.2) is 6.19 Å². The number of hydrogen-bond donors (Lipinski definition) is 3. The van der Waals surface area contributed by atoms with Gasteiger partial charge in [-0.25, -0.2) is 18.1 Å². The van der Waals surface area contributed by atoms with Gasteiger partial charge >= 0.3 is 0 Å². The maximum Gasteiger partial charge on any atom is 0.267 e. The minimum Gasteiger partial charge on any atom is -0.381 e. The molecule has 2 rings (SSSR count). The first-order chi connectivity index (χ1) is 10.4. The average Bonchev–Trinajstić information content (AvgIpc) is 3.22. The Kier molecular flexibility index (Phi) is 4.82. The van der Waals surface area contributed by atoms with Gasteiger partial charge < -0.3 is 5.32 Å². The number of aromatic nitrogens is 1. The number of hydrogen-bond acceptors (Lipinski definition) is 6. The molecule has 1 saturated carbocycles. The highest BCUT2D eigenvalue weighted by Crippen LogP contribution is 2.28. The van der Waals surface area contributed by atoms with Crippen LogP contribution in [0.2, 0.25) is 0 Å². The molecule has 1 aromatic rings. The summed E-state index contributed by atoms with van der Waals surface area (Å²) in [5.74, 6) is -0.112. The summed E-state index contributed by atoms with van der Waals surface area (Å²) < 4.78 is 27.3. The van der Waals surface area contributed by atoms with Crippen molar-refractivity contribution in [1.82, 2.24) is 15.0 Å². The minimum absolute atomic E-state index is 0.0260. The van der Waals surface area contributed by atoms with Crippen LogP contribution in [0.3, 0.4) is 0 Å². The fourth-order valence-corrected chi connectivity index (χ4v) is 2.82. The number of sulfonamides is 1. The first-order valence-corrected chi connectivity index (χ1v) is 8.37. The molecule has 0 bridgehead atoms. The second-order valence-corrected chi connectivity index (χ2v) is 6.86. The summed E-state index contributed by atoms with van der Waals surface area (Å²) in [6.45, 7) is 3.55. The quantitative estimate of drug-likeness (QED) is 0.319. The number of nitrogens with one attached hydrogen (secondary N) is 3. The average molecular weight is 322 g/mol. The van der Waals surface area contributed by atoms with Crippen LogP contribution in [0.25, 0.3) is 0 Å². The molecule has 1 heterocycles. The van der Waals surface area contributed by atoms with E-state index in [9.17, 15) is 8.42 Å². The fraction of sp³-hybridized carbons (Fsp3) is 0.462. The molecule has 1 aromatic heterocycles. The zero-order chi connectivity index (χ0) is 16.2. The molecule has 0 amide bonds. The normalized spacial score (nSPS) is 15.3. The van der Waals surface area contributed by atoms with Gasteiger partial charge in [0.2, 0.25) is 5.96 Å². The van der Waals surface area contributed by atoms with Crippen LogP contribution < -0.4 is 15.4 Å². The molecule has 1 aliphatic carbocycles. The number of guanidine groups is 1. The van der Waals surface area contributed by atoms with Gasteiger partial charge in [0.05, 0.1) is 5.69 Å². The van der Waals surface area contributed by atoms with E-state index < -0.39 is 10.0 Å². The molecule has 1 aliphatic rings. The summed E-state index contributed by atoms with van der Waals surface area (Å²) in [4.78, 5) is 7.93. The van der Waals surface area contributed by atoms with Crippen LogP contribution in [0, 0.1) is 11.5 Å². The molecule has 0 radical (unpaired) electrons. The molecule has 0 atom stereocenters. The van der Waals surface area contributed by atoms with Crippen molar-refractivity contribution in [2.75, 3.05) is 5.32 Å². The Morgan fingerprint density at radius 3 is 2.82 bits per heavy atom. The molecule has 1 fully saturated rings. The Labute approximate surface area is 129 Å². The van der Waals surface area contributed by atoms with Crippen molar-refractivity contribution in [2.24, 2.45) is 4.99 Å². The van der Waals surface area contributed by atoms with Gasteiger partial charge in [0.1, 0.15) is 4.90 Å². The van der Waals surface area contributed by atoms with Crippen molar-refractivity contribution < 1.29 is 8.42 Å². The fourth-order valence-electron chi connectivity index (χ4n) is 1.74. The summed E-state index contributed by atoms with van der Waals surface area (Å²) in [5.41, 5.74) is 0.492. The summed E-state index contributed by atoms with van der Waals surface area (Å²) in [6.07, 6.45) is 6.50. The lowest BCUT2D eigenvalue weighted by atomic mass is 10.4. The van der Waals surface area contributed by atoms with Crippen LogP contribution in [0.15, 0.2) is 28.3 Å². The molecular weight excluding hydrogens is 304 g/mol. The van der Waals surface area contributed by atoms with E-state index >= 15 is 0 Å². The Morgan fingerprint density at radius 2 is 2.23 bits per heavy atom. The van der Waals surface area contributed by atoms with Crippen molar-refractivity contribution >= 4 is 21.7 Å². The molecular formula is C13H18N6O2S. The Bertz CT molecular complexity index is 703. The lowest BCUT2D eigenvalue weighted by Gasteiger charge is -2.14. The van der Waals surface area contributed by atoms with E-state index in [0.717, 1.165) is 12.8 Å². The van der Waals surface area contributed by atoms with Crippen LogP contribution >= 0.6 is 0 Å². The third kappa shape index (κ3) is 4.33. The molecule has 0 saturated heterocycles. The standard InChI is InChI=1S/C13H18N6O2S/c1-9(2)17-13(16-8-14)19-22(20,21)12-7-15-6-5-11(12)18-10-3-4-10/h5-7,9-10H,3-4H2,1-2H3,(H,15,18)(H2,16,17,19). The molecule has 8 nitrogen and oxygen atoms in total. The summed E-state index contributed by atoms with van der Waals surface area (Å²) in [7, 11) is -3.90. The highest BCUT2D eigenvalue weighted by molar-refractivity contribution is 7.90. The molecule has 0 spiro atoms. The van der Waals surface area contributed by atoms with Crippen molar-refractivity contribution in [3.63, 3.8) is 0 Å². The lowest BCUT2D eigenvalue weighted by molar-refractivity contribution is 0.591. The molecule has 22 heavy (non-hydrogen) atoms. The first kappa shape index (κ1) is 16.0. The molecule has 0 aliphatic heterocycles. The van der Waals surface area contributed by atoms with E-state index in [1.54, 1.807) is 26.1 Å². The van der Waals surface area contributed by atoms with Gasteiger partial charge in [-0.2, -0.15) is 5.26 Å². The predicted octanol–water partition coefficient (Wildman–Crippen LogP) is 0.769. The monoisotopic (exact) mass is 322 g/mol. The largest absolute Gasteiger partial charge is 0.381 e. The number of rotatable bonds is 5. The maximum absolute atomic E-state index is 12.5. The van der Waals surface area contributed by atoms with Crippen molar-refractivity contribution in [3.8, 4) is 6.19 Å². The Morgan fingerprint density at radius 1 is 1.50 bits per heavy atom. The summed E-state index contributed by atoms with van der Waals surface area (Å²) in [6, 6.07) is 1.75. The number of nitrogens with zero attached hydrogens (tertiary/aromatic N) is 3. The van der Waals surface area contributed by atoms with Crippen LogP contribution in [0.5, 0.6) is 0 Å². The Balaban J connectivity index is 2.27. The molecule has 118 valence electrons. The maximum atomic E-state index is 12.5. The number of anilines is 1. The summed E-state index contributed by atoms with van der Waals surface area (Å²) in [5, 5.41) is 14.1. The van der Waals surface area contributed by atoms with E-state index in [-0.39, 0.29) is 16.9 Å². The van der Waals surface area contributed by atoms with E-state index in [1.807, 2.05) is 0 Å². The van der Waals surface area contributed by atoms with E-state index in [4.69, 9.17) is 5.26 Å². The number of nitriles is 1. The number of aliphatic imine (C=N–C) groups is 1. The van der Waals surface area contributed by atoms with Crippen molar-refractivity contribution in [1.29, 1.82) is 5.26 Å². The van der Waals surface area contributed by atoms with Crippen molar-refractivity contribution in [2.45, 2.75) is 43.7 Å². The lowest BCUT2D eigenvalue weighted by Crippen LogP contribution is -2.39. The molecule has 9 heteroatoms. The second kappa shape index (κ2) is 6.62. The first-order valence-electron chi connectivity index (χ1n) is 6.88. The Hall–Kier alpha value is -2.34. The third-order valence-electron chi connectivity index (χ3n) is 2.80. The van der Waals surface area contributed by atoms with Gasteiger partial charge in [-0.15, -0.1) is 0 Å². The topological polar surface area (TPSA) is 119 Å². The third-order valence-corrected chi connectivity index (χ3v) is 4.17. The SMILES string of the molecule is CC(C)N=C(NC#N)NS(=O)(=O)c1cnccc1NC1CC1. The molecule has 3 N–H and O–H groups in total. The van der Waals surface area contributed by atoms with E-state index in [2.05, 4.69) is 25.3 Å². The van der Waals surface area contributed by atoms with Gasteiger partial charge in [-0.1, -0.05) is 0 Å². The molecule has 0 unspecified atom stereocenters. The van der Waals surface area contributed by atoms with E-state index in [1.165, 1.54) is 12.4 Å². The molecule has 0 aromatic carbocycles. The van der Waals surface area contributed by atoms with Gasteiger partial charge in [0.25, 0.3) is 10.0 Å². The minimum atomic E-state index is -3.90. The van der Waals surface area contributed by atoms with Crippen LogP contribution in [0.1, 0.15) is 26.7 Å². The highest BCUT2D eigenvalue weighted by atomic mass is 32.2. The van der Waals surface area contributed by atoms with Crippen LogP contribution in [0.4, 0.5) is 5.69 Å². The van der Waals surface area contributed by atoms with Gasteiger partial charge in [-0.3, -0.25) is 10.3 Å². The summed E-state index contributed by atoms with van der Waals surface area (Å²) >= 11 is 0. The smallest absolute Gasteiger partial charge is 0.267 e. The van der Waals surface area contributed by atoms with Crippen molar-refractivity contribution in [3.05, 3.63) is 18.5 Å². The zero-order valence-corrected chi connectivity index (χ0v) is 13.2. The van der Waals surface area contributed by atoms with E-state index in [0.29, 0.717) is 11.7 Å². The number of pyridine rings is 1. The van der Waals surface area contributed by atoms with Gasteiger partial charge in [-0.05, 0) is 32.8 Å². The van der Waals surface area contributed by atoms with Gasteiger partial charge in [0, 0.05) is 24.5 Å².